The minimum absolute atomic E-state index is 0.221. The second-order valence-corrected chi connectivity index (χ2v) is 3.31. The number of phenols is 2. The number of benzene rings is 1. The van der Waals surface area contributed by atoms with Crippen molar-refractivity contribution in [1.82, 2.24) is 0 Å². The van der Waals surface area contributed by atoms with Crippen LogP contribution in [0.4, 0.5) is 5.69 Å². The zero-order valence-electron chi connectivity index (χ0n) is 8.48. The van der Waals surface area contributed by atoms with E-state index in [2.05, 4.69) is 5.32 Å². The van der Waals surface area contributed by atoms with Crippen LogP contribution in [0, 0.1) is 6.92 Å². The van der Waals surface area contributed by atoms with Crippen LogP contribution in [0.2, 0.25) is 0 Å². The van der Waals surface area contributed by atoms with Gasteiger partial charge in [0.15, 0.2) is 11.5 Å². The van der Waals surface area contributed by atoms with E-state index in [1.165, 1.54) is 19.1 Å². The lowest BCUT2D eigenvalue weighted by atomic mass is 10.1. The molecule has 1 aromatic rings. The molecule has 0 aliphatic carbocycles. The highest BCUT2D eigenvalue weighted by atomic mass is 16.4. The summed E-state index contributed by atoms with van der Waals surface area (Å²) in [6.07, 6.45) is 0. The number of carboxylic acid groups (broad SMARTS) is 1. The van der Waals surface area contributed by atoms with E-state index in [1.807, 2.05) is 0 Å². The van der Waals surface area contributed by atoms with Gasteiger partial charge in [0.1, 0.15) is 6.04 Å². The van der Waals surface area contributed by atoms with E-state index in [1.54, 1.807) is 6.92 Å². The molecular weight excluding hydrogens is 198 g/mol. The van der Waals surface area contributed by atoms with Crippen LogP contribution in [0.25, 0.3) is 0 Å². The fourth-order valence-corrected chi connectivity index (χ4v) is 1.14. The van der Waals surface area contributed by atoms with Gasteiger partial charge in [0.2, 0.25) is 0 Å². The van der Waals surface area contributed by atoms with Crippen molar-refractivity contribution in [2.24, 2.45) is 0 Å². The van der Waals surface area contributed by atoms with Gasteiger partial charge in [-0.3, -0.25) is 4.79 Å². The molecule has 0 radical (unpaired) electrons. The van der Waals surface area contributed by atoms with Crippen LogP contribution in [0.15, 0.2) is 12.1 Å². The van der Waals surface area contributed by atoms with Gasteiger partial charge in [-0.1, -0.05) is 0 Å². The number of anilines is 1. The van der Waals surface area contributed by atoms with Gasteiger partial charge in [0.05, 0.1) is 0 Å². The van der Waals surface area contributed by atoms with Crippen molar-refractivity contribution in [3.63, 3.8) is 0 Å². The average Bonchev–Trinajstić information content (AvgIpc) is 2.18. The Balaban J connectivity index is 2.97. The number of carboxylic acids is 1. The third-order valence-electron chi connectivity index (χ3n) is 2.15. The molecule has 0 saturated heterocycles. The predicted octanol–water partition coefficient (Wildman–Crippen LogP) is 1.29. The number of nitrogens with one attached hydrogen (secondary N) is 1. The van der Waals surface area contributed by atoms with E-state index in [-0.39, 0.29) is 11.5 Å². The molecule has 1 unspecified atom stereocenters. The molecule has 0 spiro atoms. The second-order valence-electron chi connectivity index (χ2n) is 3.31. The number of aromatic hydroxyl groups is 2. The Morgan fingerprint density at radius 3 is 2.53 bits per heavy atom. The number of carbonyl (C=O) groups is 1. The molecule has 0 heterocycles. The first-order valence-electron chi connectivity index (χ1n) is 4.44. The number of phenolic OH excluding ortho intramolecular Hbond substituents is 2. The van der Waals surface area contributed by atoms with Crippen LogP contribution in [0.1, 0.15) is 12.5 Å². The zero-order valence-corrected chi connectivity index (χ0v) is 8.48. The Hall–Kier alpha value is -1.91. The number of hydrogen-bond donors (Lipinski definition) is 4. The normalized spacial score (nSPS) is 12.1. The van der Waals surface area contributed by atoms with Gasteiger partial charge < -0.3 is 20.6 Å². The average molecular weight is 211 g/mol. The van der Waals surface area contributed by atoms with Crippen LogP contribution >= 0.6 is 0 Å². The molecule has 82 valence electrons. The summed E-state index contributed by atoms with van der Waals surface area (Å²) in [5.41, 5.74) is 0.906. The maximum Gasteiger partial charge on any atom is 0.325 e. The van der Waals surface area contributed by atoms with Gasteiger partial charge in [-0.2, -0.15) is 0 Å². The SMILES string of the molecule is Cc1c(NC(C)C(=O)O)ccc(O)c1O. The second kappa shape index (κ2) is 4.08. The van der Waals surface area contributed by atoms with Crippen molar-refractivity contribution in [1.29, 1.82) is 0 Å². The van der Waals surface area contributed by atoms with Gasteiger partial charge in [-0.25, -0.2) is 0 Å². The molecule has 4 N–H and O–H groups in total. The largest absolute Gasteiger partial charge is 0.504 e. The number of hydrogen-bond acceptors (Lipinski definition) is 4. The van der Waals surface area contributed by atoms with Crippen LogP contribution < -0.4 is 5.32 Å². The molecule has 0 saturated carbocycles. The van der Waals surface area contributed by atoms with E-state index in [0.29, 0.717) is 11.3 Å². The van der Waals surface area contributed by atoms with E-state index < -0.39 is 12.0 Å². The molecule has 0 aromatic heterocycles. The van der Waals surface area contributed by atoms with Crippen LogP contribution in [-0.2, 0) is 4.79 Å². The van der Waals surface area contributed by atoms with E-state index >= 15 is 0 Å². The molecule has 0 aliphatic heterocycles. The number of rotatable bonds is 3. The van der Waals surface area contributed by atoms with E-state index in [9.17, 15) is 15.0 Å². The third kappa shape index (κ3) is 2.31. The van der Waals surface area contributed by atoms with E-state index in [0.717, 1.165) is 0 Å². The van der Waals surface area contributed by atoms with Gasteiger partial charge in [-0.05, 0) is 26.0 Å². The molecule has 5 nitrogen and oxygen atoms in total. The smallest absolute Gasteiger partial charge is 0.325 e. The zero-order chi connectivity index (χ0) is 11.6. The first-order valence-corrected chi connectivity index (χ1v) is 4.44. The van der Waals surface area contributed by atoms with Crippen molar-refractivity contribution >= 4 is 11.7 Å². The Morgan fingerprint density at radius 1 is 1.40 bits per heavy atom. The van der Waals surface area contributed by atoms with Crippen molar-refractivity contribution < 1.29 is 20.1 Å². The number of aliphatic carboxylic acids is 1. The van der Waals surface area contributed by atoms with Crippen molar-refractivity contribution in [2.75, 3.05) is 5.32 Å². The Morgan fingerprint density at radius 2 is 2.00 bits per heavy atom. The third-order valence-corrected chi connectivity index (χ3v) is 2.15. The van der Waals surface area contributed by atoms with Crippen molar-refractivity contribution in [3.05, 3.63) is 17.7 Å². The van der Waals surface area contributed by atoms with E-state index in [4.69, 9.17) is 5.11 Å². The van der Waals surface area contributed by atoms with Gasteiger partial charge in [-0.15, -0.1) is 0 Å². The summed E-state index contributed by atoms with van der Waals surface area (Å²) in [4.78, 5) is 10.6. The molecular formula is C10H13NO4. The highest BCUT2D eigenvalue weighted by Gasteiger charge is 2.14. The lowest BCUT2D eigenvalue weighted by Gasteiger charge is -2.14. The Labute approximate surface area is 87.0 Å². The molecule has 0 fully saturated rings. The predicted molar refractivity (Wildman–Crippen MR) is 55.2 cm³/mol. The van der Waals surface area contributed by atoms with Crippen LogP contribution in [0.3, 0.4) is 0 Å². The monoisotopic (exact) mass is 211 g/mol. The molecule has 1 aromatic carbocycles. The topological polar surface area (TPSA) is 89.8 Å². The highest BCUT2D eigenvalue weighted by Crippen LogP contribution is 2.33. The Kier molecular flexibility index (Phi) is 3.04. The maximum absolute atomic E-state index is 10.6. The molecule has 0 aliphatic rings. The minimum Gasteiger partial charge on any atom is -0.504 e. The highest BCUT2D eigenvalue weighted by molar-refractivity contribution is 5.77. The van der Waals surface area contributed by atoms with Crippen LogP contribution in [-0.4, -0.2) is 27.3 Å². The summed E-state index contributed by atoms with van der Waals surface area (Å²) in [6.45, 7) is 3.08. The quantitative estimate of drug-likeness (QED) is 0.447. The summed E-state index contributed by atoms with van der Waals surface area (Å²) in [5, 5.41) is 30.0. The summed E-state index contributed by atoms with van der Waals surface area (Å²) in [6, 6.07) is 2.07. The molecule has 1 atom stereocenters. The standard InChI is InChI=1S/C10H13NO4/c1-5-7(11-6(2)10(14)15)3-4-8(12)9(5)13/h3-4,6,11-13H,1-2H3,(H,14,15). The summed E-state index contributed by atoms with van der Waals surface area (Å²) in [7, 11) is 0. The van der Waals surface area contributed by atoms with Crippen LogP contribution in [0.5, 0.6) is 11.5 Å². The molecule has 1 rings (SSSR count). The van der Waals surface area contributed by atoms with Gasteiger partial charge in [0, 0.05) is 11.3 Å². The molecule has 15 heavy (non-hydrogen) atoms. The maximum atomic E-state index is 10.6. The van der Waals surface area contributed by atoms with Crippen molar-refractivity contribution in [2.45, 2.75) is 19.9 Å². The Bertz CT molecular complexity index is 389. The minimum atomic E-state index is -0.984. The fourth-order valence-electron chi connectivity index (χ4n) is 1.14. The van der Waals surface area contributed by atoms with Crippen molar-refractivity contribution in [3.8, 4) is 11.5 Å². The summed E-state index contributed by atoms with van der Waals surface area (Å²) < 4.78 is 0. The lowest BCUT2D eigenvalue weighted by molar-refractivity contribution is -0.137. The summed E-state index contributed by atoms with van der Waals surface area (Å²) >= 11 is 0. The lowest BCUT2D eigenvalue weighted by Crippen LogP contribution is -2.25. The summed E-state index contributed by atoms with van der Waals surface area (Å²) in [5.74, 6) is -1.44. The molecule has 0 amide bonds. The fraction of sp³-hybridized carbons (Fsp3) is 0.300. The molecule has 5 heteroatoms. The first-order chi connectivity index (χ1) is 6.93. The van der Waals surface area contributed by atoms with Gasteiger partial charge >= 0.3 is 5.97 Å². The molecule has 0 bridgehead atoms. The first kappa shape index (κ1) is 11.2. The van der Waals surface area contributed by atoms with Gasteiger partial charge in [0.25, 0.3) is 0 Å².